The number of pyridine rings is 1. The third-order valence-electron chi connectivity index (χ3n) is 5.30. The van der Waals surface area contributed by atoms with E-state index in [1.807, 2.05) is 48.5 Å². The van der Waals surface area contributed by atoms with E-state index in [1.54, 1.807) is 26.5 Å². The van der Waals surface area contributed by atoms with E-state index in [1.165, 1.54) is 0 Å². The first-order valence-corrected chi connectivity index (χ1v) is 10.0. The molecule has 0 radical (unpaired) electrons. The first-order chi connectivity index (χ1) is 14.7. The quantitative estimate of drug-likeness (QED) is 0.651. The minimum atomic E-state index is -0.171. The Labute approximate surface area is 176 Å². The molecule has 1 saturated heterocycles. The summed E-state index contributed by atoms with van der Waals surface area (Å²) < 4.78 is 10.8. The SMILES string of the molecule is COc1ccc(-c2cc(NC(=O)c3cccnc3N3CCCC3)ccc2OC)cc1. The Bertz CT molecular complexity index is 1030. The molecule has 0 spiro atoms. The third-order valence-corrected chi connectivity index (χ3v) is 5.30. The molecule has 0 unspecified atom stereocenters. The maximum absolute atomic E-state index is 13.1. The van der Waals surface area contributed by atoms with Gasteiger partial charge in [-0.1, -0.05) is 12.1 Å². The van der Waals surface area contributed by atoms with Gasteiger partial charge in [-0.25, -0.2) is 4.98 Å². The van der Waals surface area contributed by atoms with E-state index in [4.69, 9.17) is 9.47 Å². The fraction of sp³-hybridized carbons (Fsp3) is 0.250. The number of anilines is 2. The number of nitrogens with zero attached hydrogens (tertiary/aromatic N) is 2. The molecular weight excluding hydrogens is 378 g/mol. The van der Waals surface area contributed by atoms with Crippen molar-refractivity contribution in [3.63, 3.8) is 0 Å². The lowest BCUT2D eigenvalue weighted by molar-refractivity contribution is 0.102. The second kappa shape index (κ2) is 8.86. The van der Waals surface area contributed by atoms with Crippen LogP contribution in [0.2, 0.25) is 0 Å². The van der Waals surface area contributed by atoms with Gasteiger partial charge in [-0.2, -0.15) is 0 Å². The van der Waals surface area contributed by atoms with Gasteiger partial charge in [-0.15, -0.1) is 0 Å². The number of hydrogen-bond donors (Lipinski definition) is 1. The molecule has 30 heavy (non-hydrogen) atoms. The fourth-order valence-electron chi connectivity index (χ4n) is 3.74. The molecule has 6 nitrogen and oxygen atoms in total. The zero-order chi connectivity index (χ0) is 20.9. The van der Waals surface area contributed by atoms with Crippen LogP contribution in [0.4, 0.5) is 11.5 Å². The first kappa shape index (κ1) is 19.8. The van der Waals surface area contributed by atoms with Crippen LogP contribution < -0.4 is 19.7 Å². The van der Waals surface area contributed by atoms with Crippen molar-refractivity contribution in [2.75, 3.05) is 37.5 Å². The molecule has 0 aliphatic carbocycles. The number of aromatic nitrogens is 1. The Kier molecular flexibility index (Phi) is 5.84. The van der Waals surface area contributed by atoms with Gasteiger partial charge in [0, 0.05) is 30.5 Å². The van der Waals surface area contributed by atoms with Crippen LogP contribution in [0.3, 0.4) is 0 Å². The van der Waals surface area contributed by atoms with Crippen molar-refractivity contribution in [1.29, 1.82) is 0 Å². The maximum Gasteiger partial charge on any atom is 0.259 e. The van der Waals surface area contributed by atoms with Crippen LogP contribution in [0.1, 0.15) is 23.2 Å². The van der Waals surface area contributed by atoms with Crippen LogP contribution in [0.5, 0.6) is 11.5 Å². The summed E-state index contributed by atoms with van der Waals surface area (Å²) in [6, 6.07) is 17.0. The smallest absolute Gasteiger partial charge is 0.259 e. The molecule has 0 bridgehead atoms. The van der Waals surface area contributed by atoms with Crippen molar-refractivity contribution in [2.24, 2.45) is 0 Å². The zero-order valence-electron chi connectivity index (χ0n) is 17.2. The van der Waals surface area contributed by atoms with E-state index in [2.05, 4.69) is 15.2 Å². The number of hydrogen-bond acceptors (Lipinski definition) is 5. The first-order valence-electron chi connectivity index (χ1n) is 10.0. The standard InChI is InChI=1S/C24H25N3O3/c1-29-19-10-7-17(8-11-19)21-16-18(9-12-22(21)30-2)26-24(28)20-6-5-13-25-23(20)27-14-3-4-15-27/h5-13,16H,3-4,14-15H2,1-2H3,(H,26,28). The predicted octanol–water partition coefficient (Wildman–Crippen LogP) is 4.62. The summed E-state index contributed by atoms with van der Waals surface area (Å²) in [4.78, 5) is 19.7. The van der Waals surface area contributed by atoms with Crippen LogP contribution in [-0.4, -0.2) is 38.2 Å². The van der Waals surface area contributed by atoms with E-state index in [9.17, 15) is 4.79 Å². The van der Waals surface area contributed by atoms with Gasteiger partial charge < -0.3 is 19.7 Å². The van der Waals surface area contributed by atoms with Crippen molar-refractivity contribution < 1.29 is 14.3 Å². The highest BCUT2D eigenvalue weighted by molar-refractivity contribution is 6.07. The summed E-state index contributed by atoms with van der Waals surface area (Å²) in [5.74, 6) is 2.10. The summed E-state index contributed by atoms with van der Waals surface area (Å²) in [5.41, 5.74) is 3.15. The fourth-order valence-corrected chi connectivity index (χ4v) is 3.74. The Balaban J connectivity index is 1.61. The van der Waals surface area contributed by atoms with Crippen LogP contribution in [0.25, 0.3) is 11.1 Å². The molecule has 3 aromatic rings. The van der Waals surface area contributed by atoms with Gasteiger partial charge in [-0.3, -0.25) is 4.79 Å². The third kappa shape index (κ3) is 4.08. The summed E-state index contributed by atoms with van der Waals surface area (Å²) in [6.45, 7) is 1.86. The summed E-state index contributed by atoms with van der Waals surface area (Å²) in [6.07, 6.45) is 3.99. The van der Waals surface area contributed by atoms with Crippen molar-refractivity contribution >= 4 is 17.4 Å². The summed E-state index contributed by atoms with van der Waals surface area (Å²) in [7, 11) is 3.28. The van der Waals surface area contributed by atoms with E-state index in [0.29, 0.717) is 11.3 Å². The van der Waals surface area contributed by atoms with Crippen LogP contribution in [-0.2, 0) is 0 Å². The Morgan fingerprint density at radius 2 is 1.77 bits per heavy atom. The molecule has 1 aliphatic heterocycles. The van der Waals surface area contributed by atoms with Crippen molar-refractivity contribution in [3.8, 4) is 22.6 Å². The predicted molar refractivity (Wildman–Crippen MR) is 119 cm³/mol. The molecule has 1 fully saturated rings. The molecule has 1 amide bonds. The summed E-state index contributed by atoms with van der Waals surface area (Å²) in [5, 5.41) is 3.02. The van der Waals surface area contributed by atoms with Gasteiger partial charge in [0.25, 0.3) is 5.91 Å². The molecule has 1 aliphatic rings. The van der Waals surface area contributed by atoms with Crippen LogP contribution >= 0.6 is 0 Å². The molecule has 1 aromatic heterocycles. The molecule has 0 atom stereocenters. The Morgan fingerprint density at radius 1 is 1.00 bits per heavy atom. The number of benzene rings is 2. The molecule has 2 heterocycles. The lowest BCUT2D eigenvalue weighted by atomic mass is 10.0. The van der Waals surface area contributed by atoms with Gasteiger partial charge in [-0.05, 0) is 60.9 Å². The number of ether oxygens (including phenoxy) is 2. The van der Waals surface area contributed by atoms with Crippen molar-refractivity contribution in [3.05, 3.63) is 66.4 Å². The van der Waals surface area contributed by atoms with Gasteiger partial charge in [0.2, 0.25) is 0 Å². The number of rotatable bonds is 6. The lowest BCUT2D eigenvalue weighted by Crippen LogP contribution is -2.24. The highest BCUT2D eigenvalue weighted by atomic mass is 16.5. The molecule has 1 N–H and O–H groups in total. The molecule has 0 saturated carbocycles. The molecule has 154 valence electrons. The monoisotopic (exact) mass is 403 g/mol. The van der Waals surface area contributed by atoms with Crippen LogP contribution in [0.15, 0.2) is 60.8 Å². The largest absolute Gasteiger partial charge is 0.497 e. The minimum absolute atomic E-state index is 0.171. The van der Waals surface area contributed by atoms with Crippen LogP contribution in [0, 0.1) is 0 Å². The average Bonchev–Trinajstić information content (AvgIpc) is 3.34. The van der Waals surface area contributed by atoms with Crippen molar-refractivity contribution in [2.45, 2.75) is 12.8 Å². The van der Waals surface area contributed by atoms with Crippen molar-refractivity contribution in [1.82, 2.24) is 4.98 Å². The highest BCUT2D eigenvalue weighted by Gasteiger charge is 2.21. The summed E-state index contributed by atoms with van der Waals surface area (Å²) >= 11 is 0. The number of amides is 1. The topological polar surface area (TPSA) is 63.7 Å². The van der Waals surface area contributed by atoms with E-state index < -0.39 is 0 Å². The molecular formula is C24H25N3O3. The van der Waals surface area contributed by atoms with Gasteiger partial charge >= 0.3 is 0 Å². The number of carbonyl (C=O) groups excluding carboxylic acids is 1. The minimum Gasteiger partial charge on any atom is -0.497 e. The Morgan fingerprint density at radius 3 is 2.47 bits per heavy atom. The molecule has 2 aromatic carbocycles. The zero-order valence-corrected chi connectivity index (χ0v) is 17.2. The van der Waals surface area contributed by atoms with Gasteiger partial charge in [0.05, 0.1) is 19.8 Å². The van der Waals surface area contributed by atoms with Gasteiger partial charge in [0.1, 0.15) is 17.3 Å². The second-order valence-electron chi connectivity index (χ2n) is 7.17. The average molecular weight is 403 g/mol. The highest BCUT2D eigenvalue weighted by Crippen LogP contribution is 2.34. The van der Waals surface area contributed by atoms with Gasteiger partial charge in [0.15, 0.2) is 0 Å². The normalized spacial score (nSPS) is 13.2. The molecule has 4 rings (SSSR count). The van der Waals surface area contributed by atoms with E-state index >= 15 is 0 Å². The van der Waals surface area contributed by atoms with E-state index in [0.717, 1.165) is 54.4 Å². The second-order valence-corrected chi connectivity index (χ2v) is 7.17. The Hall–Kier alpha value is -3.54. The maximum atomic E-state index is 13.1. The lowest BCUT2D eigenvalue weighted by Gasteiger charge is -2.19. The molecule has 6 heteroatoms. The number of nitrogens with one attached hydrogen (secondary N) is 1. The number of carbonyl (C=O) groups is 1. The number of methoxy groups -OCH3 is 2. The van der Waals surface area contributed by atoms with E-state index in [-0.39, 0.29) is 5.91 Å².